The molecule has 17 unspecified atom stereocenters. The van der Waals surface area contributed by atoms with Crippen molar-refractivity contribution in [1.29, 1.82) is 0 Å². The third kappa shape index (κ3) is 43.5. The number of carbonyl (C=O) groups is 1. The summed E-state index contributed by atoms with van der Waals surface area (Å²) >= 11 is 0. The molecular formula is C83H157NO18. The Balaban J connectivity index is 1.34. The van der Waals surface area contributed by atoms with Crippen LogP contribution in [-0.4, -0.2) is 193 Å². The summed E-state index contributed by atoms with van der Waals surface area (Å²) in [6.07, 6.45) is 51.3. The zero-order valence-electron chi connectivity index (χ0n) is 64.6. The van der Waals surface area contributed by atoms with Crippen LogP contribution in [0.1, 0.15) is 367 Å². The molecule has 1 amide bonds. The van der Waals surface area contributed by atoms with Crippen molar-refractivity contribution in [3.63, 3.8) is 0 Å². The summed E-state index contributed by atoms with van der Waals surface area (Å²) in [6.45, 7) is 1.85. The first-order valence-corrected chi connectivity index (χ1v) is 42.6. The van der Waals surface area contributed by atoms with E-state index in [0.29, 0.717) is 12.8 Å². The lowest BCUT2D eigenvalue weighted by Gasteiger charge is -2.48. The summed E-state index contributed by atoms with van der Waals surface area (Å²) in [6, 6.07) is -0.888. The number of aliphatic hydroxyl groups is 11. The van der Waals surface area contributed by atoms with E-state index in [4.69, 9.17) is 28.4 Å². The number of hydrogen-bond donors (Lipinski definition) is 12. The normalized spacial score (nSPS) is 26.2. The van der Waals surface area contributed by atoms with E-state index in [2.05, 4.69) is 43.5 Å². The third-order valence-electron chi connectivity index (χ3n) is 21.5. The lowest BCUT2D eigenvalue weighted by molar-refractivity contribution is -0.379. The van der Waals surface area contributed by atoms with Crippen molar-refractivity contribution in [2.24, 2.45) is 0 Å². The highest BCUT2D eigenvalue weighted by Crippen LogP contribution is 2.34. The number of ether oxygens (including phenoxy) is 6. The average molecular weight is 1460 g/mol. The van der Waals surface area contributed by atoms with Crippen LogP contribution in [0.4, 0.5) is 0 Å². The van der Waals surface area contributed by atoms with Gasteiger partial charge < -0.3 is 89.9 Å². The maximum atomic E-state index is 13.5. The molecule has 3 fully saturated rings. The van der Waals surface area contributed by atoms with E-state index in [9.17, 15) is 61.0 Å². The van der Waals surface area contributed by atoms with E-state index >= 15 is 0 Å². The van der Waals surface area contributed by atoms with Gasteiger partial charge in [0.05, 0.1) is 38.6 Å². The molecule has 0 aromatic carbocycles. The van der Waals surface area contributed by atoms with Gasteiger partial charge in [-0.1, -0.05) is 340 Å². The van der Waals surface area contributed by atoms with Gasteiger partial charge in [0.15, 0.2) is 18.9 Å². The Morgan fingerprint density at radius 1 is 0.353 bits per heavy atom. The Kier molecular flexibility index (Phi) is 59.4. The smallest absolute Gasteiger partial charge is 0.220 e. The quantitative estimate of drug-likeness (QED) is 0.0199. The molecule has 19 heteroatoms. The average Bonchev–Trinajstić information content (AvgIpc) is 0.781. The number of amides is 1. The number of allylic oxidation sites excluding steroid dienone is 4. The summed E-state index contributed by atoms with van der Waals surface area (Å²) in [4.78, 5) is 13.5. The second-order valence-corrected chi connectivity index (χ2v) is 30.7. The number of nitrogens with one attached hydrogen (secondary N) is 1. The molecular weight excluding hydrogens is 1300 g/mol. The summed E-state index contributed by atoms with van der Waals surface area (Å²) in [5, 5.41) is 121. The maximum absolute atomic E-state index is 13.5. The minimum absolute atomic E-state index is 0.237. The van der Waals surface area contributed by atoms with Crippen LogP contribution in [0.2, 0.25) is 0 Å². The largest absolute Gasteiger partial charge is 0.394 e. The molecule has 0 aromatic heterocycles. The monoisotopic (exact) mass is 1460 g/mol. The van der Waals surface area contributed by atoms with Gasteiger partial charge in [-0.3, -0.25) is 4.79 Å². The fourth-order valence-electron chi connectivity index (χ4n) is 14.7. The molecule has 17 atom stereocenters. The number of carbonyl (C=O) groups excluding carboxylic acids is 1. The van der Waals surface area contributed by atoms with Crippen LogP contribution in [0.15, 0.2) is 24.3 Å². The second kappa shape index (κ2) is 64.1. The highest BCUT2D eigenvalue weighted by atomic mass is 16.8. The Morgan fingerprint density at radius 3 is 1.00 bits per heavy atom. The predicted octanol–water partition coefficient (Wildman–Crippen LogP) is 14.9. The molecule has 0 saturated carbocycles. The minimum Gasteiger partial charge on any atom is -0.394 e. The molecule has 102 heavy (non-hydrogen) atoms. The van der Waals surface area contributed by atoms with Crippen LogP contribution in [0, 0.1) is 0 Å². The van der Waals surface area contributed by atoms with Gasteiger partial charge in [-0.05, 0) is 44.9 Å². The predicted molar refractivity (Wildman–Crippen MR) is 406 cm³/mol. The molecule has 3 saturated heterocycles. The molecule has 0 spiro atoms. The van der Waals surface area contributed by atoms with Gasteiger partial charge >= 0.3 is 0 Å². The van der Waals surface area contributed by atoms with Gasteiger partial charge in [0, 0.05) is 6.42 Å². The van der Waals surface area contributed by atoms with E-state index in [1.54, 1.807) is 0 Å². The lowest BCUT2D eigenvalue weighted by atomic mass is 9.96. The summed E-state index contributed by atoms with van der Waals surface area (Å²) in [5.74, 6) is -0.237. The van der Waals surface area contributed by atoms with Gasteiger partial charge in [0.1, 0.15) is 73.2 Å². The Bertz CT molecular complexity index is 1940. The lowest BCUT2D eigenvalue weighted by Crippen LogP contribution is -2.66. The highest BCUT2D eigenvalue weighted by Gasteiger charge is 2.54. The maximum Gasteiger partial charge on any atom is 0.220 e. The number of hydrogen-bond acceptors (Lipinski definition) is 18. The van der Waals surface area contributed by atoms with Crippen LogP contribution in [0.3, 0.4) is 0 Å². The van der Waals surface area contributed by atoms with Crippen molar-refractivity contribution in [3.05, 3.63) is 24.3 Å². The topological polar surface area (TPSA) is 307 Å². The fourth-order valence-corrected chi connectivity index (χ4v) is 14.7. The Labute approximate surface area is 619 Å². The van der Waals surface area contributed by atoms with Gasteiger partial charge in [0.2, 0.25) is 5.91 Å². The minimum atomic E-state index is -1.97. The summed E-state index contributed by atoms with van der Waals surface area (Å²) in [7, 11) is 0. The van der Waals surface area contributed by atoms with E-state index in [0.717, 1.165) is 51.4 Å². The fraction of sp³-hybridized carbons (Fsp3) is 0.940. The van der Waals surface area contributed by atoms with Crippen LogP contribution in [0.25, 0.3) is 0 Å². The van der Waals surface area contributed by atoms with Crippen LogP contribution in [-0.2, 0) is 33.2 Å². The first kappa shape index (κ1) is 94.5. The van der Waals surface area contributed by atoms with Crippen LogP contribution in [0.5, 0.6) is 0 Å². The van der Waals surface area contributed by atoms with Crippen LogP contribution >= 0.6 is 0 Å². The molecule has 3 heterocycles. The zero-order chi connectivity index (χ0) is 73.9. The molecule has 19 nitrogen and oxygen atoms in total. The van der Waals surface area contributed by atoms with Crippen molar-refractivity contribution < 1.29 is 89.4 Å². The van der Waals surface area contributed by atoms with Crippen LogP contribution < -0.4 is 5.32 Å². The molecule has 3 rings (SSSR count). The highest BCUT2D eigenvalue weighted by molar-refractivity contribution is 5.76. The summed E-state index contributed by atoms with van der Waals surface area (Å²) in [5.41, 5.74) is 0. The molecule has 12 N–H and O–H groups in total. The standard InChI is InChI=1S/C83H157NO18/c1-3-5-7-9-11-13-15-17-19-21-23-25-27-29-30-31-32-33-34-35-37-38-40-42-44-46-48-50-52-54-56-58-60-67(88)66(84-71(89)61-59-57-55-53-51-49-47-45-43-41-39-36-28-26-24-22-20-18-16-14-12-10-8-6-4-2)65-97-81-77(95)74(92)79(69(63-86)99-81)102-83-78(96)75(93)80(70(64-87)100-83)101-82-76(94)73(91)72(90)68(62-85)98-82/h16,18,22,24,66-70,72-83,85-88,90-96H,3-15,17,19-21,23,25-65H2,1-2H3,(H,84,89)/b18-16-,24-22-. The molecule has 0 bridgehead atoms. The SMILES string of the molecule is CCCCCCC/C=C\C/C=C\CCCCCCCCCCCCCCCC(=O)NC(COC1OC(CO)C(OC2OC(CO)C(OC3OC(CO)C(O)C(O)C3O)C(O)C2O)C(O)C1O)C(O)CCCCCCCCCCCCCCCCCCCCCCCCCCCCCCCCCC. The third-order valence-corrected chi connectivity index (χ3v) is 21.5. The zero-order valence-corrected chi connectivity index (χ0v) is 64.6. The van der Waals surface area contributed by atoms with Gasteiger partial charge in [-0.2, -0.15) is 0 Å². The van der Waals surface area contributed by atoms with E-state index in [1.807, 2.05) is 0 Å². The van der Waals surface area contributed by atoms with Crippen molar-refractivity contribution in [2.45, 2.75) is 471 Å². The first-order chi connectivity index (χ1) is 49.8. The first-order valence-electron chi connectivity index (χ1n) is 42.6. The molecule has 3 aliphatic heterocycles. The van der Waals surface area contributed by atoms with E-state index in [-0.39, 0.29) is 18.9 Å². The molecule has 3 aliphatic rings. The number of aliphatic hydroxyl groups excluding tert-OH is 11. The van der Waals surface area contributed by atoms with Crippen molar-refractivity contribution in [1.82, 2.24) is 5.32 Å². The number of rotatable bonds is 69. The molecule has 602 valence electrons. The van der Waals surface area contributed by atoms with Gasteiger partial charge in [-0.15, -0.1) is 0 Å². The van der Waals surface area contributed by atoms with Crippen molar-refractivity contribution >= 4 is 5.91 Å². The van der Waals surface area contributed by atoms with Crippen molar-refractivity contribution in [2.75, 3.05) is 26.4 Å². The molecule has 0 aliphatic carbocycles. The van der Waals surface area contributed by atoms with E-state index < -0.39 is 124 Å². The second-order valence-electron chi connectivity index (χ2n) is 30.7. The van der Waals surface area contributed by atoms with Gasteiger partial charge in [-0.25, -0.2) is 0 Å². The summed E-state index contributed by atoms with van der Waals surface area (Å²) < 4.78 is 34.6. The Morgan fingerprint density at radius 2 is 0.647 bits per heavy atom. The molecule has 0 aromatic rings. The number of unbranched alkanes of at least 4 members (excludes halogenated alkanes) is 49. The van der Waals surface area contributed by atoms with Crippen molar-refractivity contribution in [3.8, 4) is 0 Å². The van der Waals surface area contributed by atoms with E-state index in [1.165, 1.54) is 283 Å². The molecule has 0 radical (unpaired) electrons. The Hall–Kier alpha value is -1.73. The van der Waals surface area contributed by atoms with Gasteiger partial charge in [0.25, 0.3) is 0 Å².